The third kappa shape index (κ3) is 3.03. The highest BCUT2D eigenvalue weighted by atomic mass is 79.9. The van der Waals surface area contributed by atoms with Gasteiger partial charge in [-0.25, -0.2) is 4.39 Å². The van der Waals surface area contributed by atoms with Crippen LogP contribution >= 0.6 is 15.9 Å². The van der Waals surface area contributed by atoms with Crippen molar-refractivity contribution in [3.63, 3.8) is 0 Å². The molecular formula is C12H16BrFN2. The molecular weight excluding hydrogens is 271 g/mol. The lowest BCUT2D eigenvalue weighted by Gasteiger charge is -2.18. The number of nitrogens with two attached hydrogens (primary N) is 1. The highest BCUT2D eigenvalue weighted by molar-refractivity contribution is 9.10. The first kappa shape index (κ1) is 12.0. The van der Waals surface area contributed by atoms with E-state index in [0.717, 1.165) is 16.9 Å². The Morgan fingerprint density at radius 2 is 2.25 bits per heavy atom. The first-order valence-electron chi connectivity index (χ1n) is 5.59. The van der Waals surface area contributed by atoms with Crippen molar-refractivity contribution >= 4 is 15.9 Å². The molecule has 1 aliphatic rings. The molecule has 0 aromatic heterocycles. The molecule has 3 N–H and O–H groups in total. The molecule has 0 radical (unpaired) electrons. The van der Waals surface area contributed by atoms with Crippen LogP contribution < -0.4 is 11.1 Å². The maximum absolute atomic E-state index is 13.6. The second-order valence-electron chi connectivity index (χ2n) is 4.31. The van der Waals surface area contributed by atoms with Gasteiger partial charge in [0.15, 0.2) is 0 Å². The molecule has 1 aliphatic carbocycles. The molecule has 0 saturated heterocycles. The van der Waals surface area contributed by atoms with Crippen molar-refractivity contribution in [2.45, 2.75) is 18.9 Å². The second kappa shape index (κ2) is 5.25. The summed E-state index contributed by atoms with van der Waals surface area (Å²) >= 11 is 3.35. The van der Waals surface area contributed by atoms with Crippen LogP contribution in [0.25, 0.3) is 0 Å². The average molecular weight is 287 g/mol. The fourth-order valence-corrected chi connectivity index (χ4v) is 2.11. The van der Waals surface area contributed by atoms with Crippen molar-refractivity contribution in [3.05, 3.63) is 34.1 Å². The van der Waals surface area contributed by atoms with Gasteiger partial charge in [0.05, 0.1) is 0 Å². The Balaban J connectivity index is 2.07. The normalized spacial score (nSPS) is 17.4. The van der Waals surface area contributed by atoms with Crippen molar-refractivity contribution in [2.75, 3.05) is 13.1 Å². The summed E-state index contributed by atoms with van der Waals surface area (Å²) in [5, 5.41) is 3.33. The van der Waals surface area contributed by atoms with Crippen LogP contribution in [0.3, 0.4) is 0 Å². The number of benzene rings is 1. The number of hydrogen-bond donors (Lipinski definition) is 2. The lowest BCUT2D eigenvalue weighted by molar-refractivity contribution is 0.493. The Morgan fingerprint density at radius 3 is 2.88 bits per heavy atom. The van der Waals surface area contributed by atoms with Crippen molar-refractivity contribution in [3.8, 4) is 0 Å². The summed E-state index contributed by atoms with van der Waals surface area (Å²) in [5.74, 6) is 0.575. The monoisotopic (exact) mass is 286 g/mol. The topological polar surface area (TPSA) is 38.0 Å². The predicted octanol–water partition coefficient (Wildman–Crippen LogP) is 2.59. The minimum absolute atomic E-state index is 0.0851. The van der Waals surface area contributed by atoms with Gasteiger partial charge in [0, 0.05) is 22.6 Å². The zero-order valence-corrected chi connectivity index (χ0v) is 10.6. The van der Waals surface area contributed by atoms with E-state index in [1.54, 1.807) is 12.1 Å². The molecule has 0 heterocycles. The van der Waals surface area contributed by atoms with Crippen LogP contribution in [0.2, 0.25) is 0 Å². The van der Waals surface area contributed by atoms with E-state index in [1.165, 1.54) is 18.9 Å². The molecule has 0 spiro atoms. The molecule has 1 atom stereocenters. The van der Waals surface area contributed by atoms with Crippen LogP contribution in [0.5, 0.6) is 0 Å². The van der Waals surface area contributed by atoms with Crippen LogP contribution in [0, 0.1) is 11.7 Å². The molecule has 2 nitrogen and oxygen atoms in total. The molecule has 1 fully saturated rings. The maximum Gasteiger partial charge on any atom is 0.128 e. The van der Waals surface area contributed by atoms with Crippen LogP contribution in [-0.2, 0) is 0 Å². The fourth-order valence-electron chi connectivity index (χ4n) is 1.73. The predicted molar refractivity (Wildman–Crippen MR) is 66.6 cm³/mol. The van der Waals surface area contributed by atoms with E-state index in [9.17, 15) is 4.39 Å². The van der Waals surface area contributed by atoms with Crippen LogP contribution in [0.1, 0.15) is 24.4 Å². The van der Waals surface area contributed by atoms with Gasteiger partial charge in [-0.3, -0.25) is 0 Å². The summed E-state index contributed by atoms with van der Waals surface area (Å²) in [6, 6.07) is 4.89. The Hall–Kier alpha value is -0.450. The number of rotatable bonds is 5. The third-order valence-electron chi connectivity index (χ3n) is 2.92. The molecule has 1 saturated carbocycles. The molecule has 2 rings (SSSR count). The fraction of sp³-hybridized carbons (Fsp3) is 0.500. The molecule has 1 aromatic rings. The van der Waals surface area contributed by atoms with Crippen LogP contribution in [0.4, 0.5) is 4.39 Å². The van der Waals surface area contributed by atoms with E-state index in [1.807, 2.05) is 0 Å². The standard InChI is InChI=1S/C12H16BrFN2/c13-9-3-4-11(14)10(5-9)12(6-15)16-7-8-1-2-8/h3-5,8,12,16H,1-2,6-7,15H2. The lowest BCUT2D eigenvalue weighted by Crippen LogP contribution is -2.30. The Morgan fingerprint density at radius 1 is 1.50 bits per heavy atom. The molecule has 4 heteroatoms. The van der Waals surface area contributed by atoms with Crippen molar-refractivity contribution in [2.24, 2.45) is 11.7 Å². The zero-order chi connectivity index (χ0) is 11.5. The summed E-state index contributed by atoms with van der Waals surface area (Å²) in [6.07, 6.45) is 2.57. The van der Waals surface area contributed by atoms with Crippen molar-refractivity contribution < 1.29 is 4.39 Å². The van der Waals surface area contributed by atoms with Crippen LogP contribution in [0.15, 0.2) is 22.7 Å². The average Bonchev–Trinajstić information content (AvgIpc) is 3.07. The van der Waals surface area contributed by atoms with Gasteiger partial charge < -0.3 is 11.1 Å². The van der Waals surface area contributed by atoms with Gasteiger partial charge in [-0.2, -0.15) is 0 Å². The van der Waals surface area contributed by atoms with E-state index >= 15 is 0 Å². The molecule has 0 aliphatic heterocycles. The van der Waals surface area contributed by atoms with E-state index in [4.69, 9.17) is 5.73 Å². The molecule has 0 bridgehead atoms. The second-order valence-corrected chi connectivity index (χ2v) is 5.22. The Bertz CT molecular complexity index is 366. The summed E-state index contributed by atoms with van der Waals surface area (Å²) in [6.45, 7) is 1.36. The van der Waals surface area contributed by atoms with Gasteiger partial charge in [0.2, 0.25) is 0 Å². The molecule has 16 heavy (non-hydrogen) atoms. The number of nitrogens with one attached hydrogen (secondary N) is 1. The summed E-state index contributed by atoms with van der Waals surface area (Å²) in [5.41, 5.74) is 6.34. The van der Waals surface area contributed by atoms with Gasteiger partial charge in [0.1, 0.15) is 5.82 Å². The molecule has 1 aromatic carbocycles. The number of hydrogen-bond acceptors (Lipinski definition) is 2. The van der Waals surface area contributed by atoms with Gasteiger partial charge in [-0.05, 0) is 43.5 Å². The highest BCUT2D eigenvalue weighted by Crippen LogP contribution is 2.29. The lowest BCUT2D eigenvalue weighted by atomic mass is 10.1. The first-order valence-corrected chi connectivity index (χ1v) is 6.38. The summed E-state index contributed by atoms with van der Waals surface area (Å²) in [4.78, 5) is 0. The first-order chi connectivity index (χ1) is 7.70. The SMILES string of the molecule is NCC(NCC1CC1)c1cc(Br)ccc1F. The molecule has 88 valence electrons. The minimum atomic E-state index is -0.193. The minimum Gasteiger partial charge on any atom is -0.329 e. The third-order valence-corrected chi connectivity index (χ3v) is 3.41. The van der Waals surface area contributed by atoms with E-state index < -0.39 is 0 Å². The van der Waals surface area contributed by atoms with Gasteiger partial charge >= 0.3 is 0 Å². The quantitative estimate of drug-likeness (QED) is 0.873. The van der Waals surface area contributed by atoms with Gasteiger partial charge in [0.25, 0.3) is 0 Å². The Labute approximate surface area is 104 Å². The summed E-state index contributed by atoms with van der Waals surface area (Å²) < 4.78 is 14.5. The summed E-state index contributed by atoms with van der Waals surface area (Å²) in [7, 11) is 0. The van der Waals surface area contributed by atoms with Crippen molar-refractivity contribution in [1.82, 2.24) is 5.32 Å². The maximum atomic E-state index is 13.6. The number of halogens is 2. The zero-order valence-electron chi connectivity index (χ0n) is 9.05. The van der Waals surface area contributed by atoms with Crippen LogP contribution in [-0.4, -0.2) is 13.1 Å². The molecule has 1 unspecified atom stereocenters. The van der Waals surface area contributed by atoms with Crippen molar-refractivity contribution in [1.29, 1.82) is 0 Å². The smallest absolute Gasteiger partial charge is 0.128 e. The largest absolute Gasteiger partial charge is 0.329 e. The van der Waals surface area contributed by atoms with E-state index in [2.05, 4.69) is 21.2 Å². The van der Waals surface area contributed by atoms with Gasteiger partial charge in [-0.1, -0.05) is 15.9 Å². The van der Waals surface area contributed by atoms with E-state index in [0.29, 0.717) is 12.1 Å². The van der Waals surface area contributed by atoms with E-state index in [-0.39, 0.29) is 11.9 Å². The Kier molecular flexibility index (Phi) is 3.95. The molecule has 0 amide bonds. The van der Waals surface area contributed by atoms with Gasteiger partial charge in [-0.15, -0.1) is 0 Å². The highest BCUT2D eigenvalue weighted by Gasteiger charge is 2.23.